The van der Waals surface area contributed by atoms with Gasteiger partial charge in [0.15, 0.2) is 0 Å². The topological polar surface area (TPSA) is 51.2 Å². The van der Waals surface area contributed by atoms with Crippen LogP contribution in [0, 0.1) is 0 Å². The number of nitrogens with zero attached hydrogens (tertiary/aromatic N) is 1. The van der Waals surface area contributed by atoms with Crippen LogP contribution in [0.5, 0.6) is 0 Å². The van der Waals surface area contributed by atoms with Gasteiger partial charge in [-0.05, 0) is 17.5 Å². The number of benzene rings is 1. The summed E-state index contributed by atoms with van der Waals surface area (Å²) in [5.41, 5.74) is 9.47. The van der Waals surface area contributed by atoms with Crippen LogP contribution in [0.1, 0.15) is 24.1 Å². The van der Waals surface area contributed by atoms with E-state index in [1.54, 1.807) is 0 Å². The molecule has 86 valence electrons. The molecule has 0 radical (unpaired) electrons. The lowest BCUT2D eigenvalue weighted by Gasteiger charge is -2.06. The Labute approximate surface area is 95.5 Å². The summed E-state index contributed by atoms with van der Waals surface area (Å²) in [6.07, 6.45) is 3.02. The Bertz CT molecular complexity index is 502. The van der Waals surface area contributed by atoms with Crippen LogP contribution in [0.4, 0.5) is 0 Å². The van der Waals surface area contributed by atoms with Gasteiger partial charge in [0.2, 0.25) is 0 Å². The summed E-state index contributed by atoms with van der Waals surface area (Å²) in [6, 6.07) is 5.96. The first-order valence-electron chi connectivity index (χ1n) is 5.62. The second-order valence-corrected chi connectivity index (χ2v) is 4.15. The van der Waals surface area contributed by atoms with Crippen LogP contribution in [0.2, 0.25) is 0 Å². The quantitative estimate of drug-likeness (QED) is 0.824. The zero-order chi connectivity index (χ0) is 11.7. The van der Waals surface area contributed by atoms with Crippen molar-refractivity contribution < 1.29 is 5.11 Å². The van der Waals surface area contributed by atoms with Gasteiger partial charge in [-0.25, -0.2) is 0 Å². The number of aromatic nitrogens is 1. The SMILES string of the molecule is CCc1cccc2c(C(N)CO)cn(C)c12. The molecule has 0 aliphatic rings. The Balaban J connectivity index is 2.71. The molecule has 2 aromatic rings. The third kappa shape index (κ3) is 1.62. The molecule has 1 unspecified atom stereocenters. The standard InChI is InChI=1S/C13H18N2O/c1-3-9-5-4-6-10-11(12(14)8-16)7-15(2)13(9)10/h4-7,12,16H,3,8,14H2,1-2H3. The average molecular weight is 218 g/mol. The zero-order valence-electron chi connectivity index (χ0n) is 9.77. The summed E-state index contributed by atoms with van der Waals surface area (Å²) in [5, 5.41) is 10.3. The van der Waals surface area contributed by atoms with E-state index in [2.05, 4.69) is 29.7 Å². The van der Waals surface area contributed by atoms with Gasteiger partial charge in [-0.2, -0.15) is 0 Å². The summed E-state index contributed by atoms with van der Waals surface area (Å²) in [6.45, 7) is 2.13. The first kappa shape index (κ1) is 11.2. The van der Waals surface area contributed by atoms with Gasteiger partial charge in [0.05, 0.1) is 18.2 Å². The highest BCUT2D eigenvalue weighted by molar-refractivity contribution is 5.87. The monoisotopic (exact) mass is 218 g/mol. The lowest BCUT2D eigenvalue weighted by Crippen LogP contribution is -2.13. The van der Waals surface area contributed by atoms with Gasteiger partial charge in [0.1, 0.15) is 0 Å². The molecule has 0 saturated carbocycles. The lowest BCUT2D eigenvalue weighted by molar-refractivity contribution is 0.268. The van der Waals surface area contributed by atoms with Crippen molar-refractivity contribution in [3.63, 3.8) is 0 Å². The molecule has 0 amide bonds. The van der Waals surface area contributed by atoms with Gasteiger partial charge >= 0.3 is 0 Å². The maximum absolute atomic E-state index is 9.15. The van der Waals surface area contributed by atoms with Crippen molar-refractivity contribution in [1.29, 1.82) is 0 Å². The summed E-state index contributed by atoms with van der Waals surface area (Å²) in [4.78, 5) is 0. The number of aliphatic hydroxyl groups is 1. The molecule has 3 N–H and O–H groups in total. The predicted molar refractivity (Wildman–Crippen MR) is 66.3 cm³/mol. The van der Waals surface area contributed by atoms with Crippen LogP contribution < -0.4 is 5.73 Å². The van der Waals surface area contributed by atoms with E-state index in [0.717, 1.165) is 17.4 Å². The van der Waals surface area contributed by atoms with E-state index in [9.17, 15) is 0 Å². The van der Waals surface area contributed by atoms with Crippen molar-refractivity contribution in [1.82, 2.24) is 4.57 Å². The van der Waals surface area contributed by atoms with Crippen LogP contribution in [0.3, 0.4) is 0 Å². The van der Waals surface area contributed by atoms with Gasteiger partial charge in [0, 0.05) is 18.6 Å². The van der Waals surface area contributed by atoms with Gasteiger partial charge < -0.3 is 15.4 Å². The number of para-hydroxylation sites is 1. The predicted octanol–water partition coefficient (Wildman–Crippen LogP) is 1.73. The number of aryl methyl sites for hydroxylation is 2. The van der Waals surface area contributed by atoms with Crippen molar-refractivity contribution in [2.24, 2.45) is 12.8 Å². The highest BCUT2D eigenvalue weighted by Crippen LogP contribution is 2.27. The fraction of sp³-hybridized carbons (Fsp3) is 0.385. The first-order chi connectivity index (χ1) is 7.69. The third-order valence-electron chi connectivity index (χ3n) is 3.09. The number of fused-ring (bicyclic) bond motifs is 1. The maximum Gasteiger partial charge on any atom is 0.0625 e. The number of aliphatic hydroxyl groups excluding tert-OH is 1. The Morgan fingerprint density at radius 3 is 2.81 bits per heavy atom. The summed E-state index contributed by atoms with van der Waals surface area (Å²) in [7, 11) is 2.02. The normalized spacial score (nSPS) is 13.2. The minimum absolute atomic E-state index is 0.0184. The Morgan fingerprint density at radius 2 is 2.19 bits per heavy atom. The molecular formula is C13H18N2O. The van der Waals surface area contributed by atoms with Crippen molar-refractivity contribution in [3.8, 4) is 0 Å². The van der Waals surface area contributed by atoms with Crippen LogP contribution in [-0.2, 0) is 13.5 Å². The van der Waals surface area contributed by atoms with E-state index >= 15 is 0 Å². The fourth-order valence-corrected chi connectivity index (χ4v) is 2.26. The Morgan fingerprint density at radius 1 is 1.44 bits per heavy atom. The molecule has 3 nitrogen and oxygen atoms in total. The molecule has 0 fully saturated rings. The Kier molecular flexibility index (Phi) is 2.99. The molecule has 2 rings (SSSR count). The second-order valence-electron chi connectivity index (χ2n) is 4.15. The first-order valence-corrected chi connectivity index (χ1v) is 5.62. The van der Waals surface area contributed by atoms with Crippen molar-refractivity contribution in [2.75, 3.05) is 6.61 Å². The van der Waals surface area contributed by atoms with Crippen LogP contribution in [-0.4, -0.2) is 16.3 Å². The van der Waals surface area contributed by atoms with Crippen molar-refractivity contribution in [3.05, 3.63) is 35.5 Å². The average Bonchev–Trinajstić information content (AvgIpc) is 2.66. The Hall–Kier alpha value is -1.32. The van der Waals surface area contributed by atoms with Gasteiger partial charge in [0.25, 0.3) is 0 Å². The summed E-state index contributed by atoms with van der Waals surface area (Å²) >= 11 is 0. The van der Waals surface area contributed by atoms with Crippen LogP contribution >= 0.6 is 0 Å². The molecule has 1 aromatic heterocycles. The van der Waals surface area contributed by atoms with Crippen LogP contribution in [0.15, 0.2) is 24.4 Å². The largest absolute Gasteiger partial charge is 0.394 e. The number of rotatable bonds is 3. The summed E-state index contributed by atoms with van der Waals surface area (Å²) in [5.74, 6) is 0. The molecule has 16 heavy (non-hydrogen) atoms. The van der Waals surface area contributed by atoms with E-state index < -0.39 is 0 Å². The molecule has 0 spiro atoms. The van der Waals surface area contributed by atoms with E-state index in [0.29, 0.717) is 0 Å². The van der Waals surface area contributed by atoms with E-state index in [4.69, 9.17) is 10.8 Å². The maximum atomic E-state index is 9.15. The zero-order valence-corrected chi connectivity index (χ0v) is 9.77. The fourth-order valence-electron chi connectivity index (χ4n) is 2.26. The van der Waals surface area contributed by atoms with E-state index in [1.807, 2.05) is 13.2 Å². The number of hydrogen-bond acceptors (Lipinski definition) is 2. The molecule has 0 bridgehead atoms. The smallest absolute Gasteiger partial charge is 0.0625 e. The molecule has 1 aromatic carbocycles. The van der Waals surface area contributed by atoms with E-state index in [1.165, 1.54) is 11.1 Å². The van der Waals surface area contributed by atoms with Crippen molar-refractivity contribution in [2.45, 2.75) is 19.4 Å². The van der Waals surface area contributed by atoms with Crippen molar-refractivity contribution >= 4 is 10.9 Å². The minimum Gasteiger partial charge on any atom is -0.394 e. The molecule has 1 heterocycles. The van der Waals surface area contributed by atoms with Gasteiger partial charge in [-0.3, -0.25) is 0 Å². The van der Waals surface area contributed by atoms with Crippen LogP contribution in [0.25, 0.3) is 10.9 Å². The molecule has 3 heteroatoms. The second kappa shape index (κ2) is 4.28. The highest BCUT2D eigenvalue weighted by Gasteiger charge is 2.14. The number of nitrogens with two attached hydrogens (primary N) is 1. The number of hydrogen-bond donors (Lipinski definition) is 2. The lowest BCUT2D eigenvalue weighted by atomic mass is 10.0. The molecule has 1 atom stereocenters. The molecule has 0 aliphatic carbocycles. The summed E-state index contributed by atoms with van der Waals surface area (Å²) < 4.78 is 2.10. The molecule has 0 aliphatic heterocycles. The van der Waals surface area contributed by atoms with Gasteiger partial charge in [-0.15, -0.1) is 0 Å². The third-order valence-corrected chi connectivity index (χ3v) is 3.09. The highest BCUT2D eigenvalue weighted by atomic mass is 16.3. The van der Waals surface area contributed by atoms with E-state index in [-0.39, 0.29) is 12.6 Å². The molecule has 0 saturated heterocycles. The minimum atomic E-state index is -0.296. The van der Waals surface area contributed by atoms with Gasteiger partial charge in [-0.1, -0.05) is 25.1 Å². The molecular weight excluding hydrogens is 200 g/mol.